The molecule has 3 N–H and O–H groups in total. The van der Waals surface area contributed by atoms with Crippen molar-refractivity contribution in [2.75, 3.05) is 17.2 Å². The maximum Gasteiger partial charge on any atom is 0.230 e. The van der Waals surface area contributed by atoms with Gasteiger partial charge in [0.1, 0.15) is 5.82 Å². The van der Waals surface area contributed by atoms with Crippen molar-refractivity contribution < 1.29 is 4.79 Å². The third-order valence-corrected chi connectivity index (χ3v) is 6.23. The second-order valence-electron chi connectivity index (χ2n) is 8.42. The standard InChI is InChI=1S/C27H31N5O/c1-4-19(3)29-24-18-23(20-10-7-6-8-11-20)31-26(32-24)30-22-14-12-21(13-15-22)27(16-9-17-27)25(33)28-5-2/h4,6-8,10-15,18H,5,9,16-17H2,1-3H3,(H,28,33)(H2,29,30,31,32)/b19-4+. The van der Waals surface area contributed by atoms with E-state index in [2.05, 4.69) is 20.9 Å². The molecular weight excluding hydrogens is 410 g/mol. The molecule has 1 amide bonds. The van der Waals surface area contributed by atoms with Crippen LogP contribution >= 0.6 is 0 Å². The van der Waals surface area contributed by atoms with Crippen LogP contribution in [-0.2, 0) is 10.2 Å². The number of carbonyl (C=O) groups is 1. The molecule has 0 aliphatic heterocycles. The molecule has 6 heteroatoms. The van der Waals surface area contributed by atoms with E-state index < -0.39 is 0 Å². The minimum absolute atomic E-state index is 0.130. The van der Waals surface area contributed by atoms with E-state index in [1.807, 2.05) is 87.5 Å². The van der Waals surface area contributed by atoms with Gasteiger partial charge in [0.15, 0.2) is 0 Å². The molecule has 3 aromatic rings. The summed E-state index contributed by atoms with van der Waals surface area (Å²) in [5.41, 5.74) is 4.42. The van der Waals surface area contributed by atoms with Gasteiger partial charge in [-0.25, -0.2) is 4.98 Å². The van der Waals surface area contributed by atoms with E-state index >= 15 is 0 Å². The number of carbonyl (C=O) groups excluding carboxylic acids is 1. The van der Waals surface area contributed by atoms with Crippen LogP contribution in [0.2, 0.25) is 0 Å². The normalized spacial score (nSPS) is 14.8. The van der Waals surface area contributed by atoms with E-state index in [0.29, 0.717) is 12.5 Å². The number of aromatic nitrogens is 2. The molecule has 0 unspecified atom stereocenters. The minimum atomic E-state index is -0.390. The van der Waals surface area contributed by atoms with Gasteiger partial charge in [-0.1, -0.05) is 55.0 Å². The van der Waals surface area contributed by atoms with Gasteiger partial charge in [-0.3, -0.25) is 4.79 Å². The van der Waals surface area contributed by atoms with Gasteiger partial charge in [0, 0.05) is 29.6 Å². The number of hydrogen-bond acceptors (Lipinski definition) is 5. The van der Waals surface area contributed by atoms with E-state index in [1.54, 1.807) is 0 Å². The van der Waals surface area contributed by atoms with Crippen LogP contribution in [0.1, 0.15) is 45.6 Å². The molecule has 0 atom stereocenters. The zero-order valence-corrected chi connectivity index (χ0v) is 19.5. The summed E-state index contributed by atoms with van der Waals surface area (Å²) in [6, 6.07) is 20.1. The predicted octanol–water partition coefficient (Wildman–Crippen LogP) is 5.78. The van der Waals surface area contributed by atoms with Crippen molar-refractivity contribution in [3.63, 3.8) is 0 Å². The molecule has 1 heterocycles. The molecule has 170 valence electrons. The molecule has 1 fully saturated rings. The lowest BCUT2D eigenvalue weighted by atomic mass is 9.64. The smallest absolute Gasteiger partial charge is 0.230 e. The summed E-state index contributed by atoms with van der Waals surface area (Å²) in [5.74, 6) is 1.37. The molecule has 4 rings (SSSR count). The van der Waals surface area contributed by atoms with Crippen molar-refractivity contribution in [3.05, 3.63) is 78.0 Å². The van der Waals surface area contributed by atoms with E-state index in [-0.39, 0.29) is 11.3 Å². The molecule has 0 spiro atoms. The second-order valence-corrected chi connectivity index (χ2v) is 8.42. The van der Waals surface area contributed by atoms with Crippen molar-refractivity contribution in [3.8, 4) is 11.3 Å². The number of benzene rings is 2. The van der Waals surface area contributed by atoms with Crippen LogP contribution in [0.25, 0.3) is 11.3 Å². The summed E-state index contributed by atoms with van der Waals surface area (Å²) in [7, 11) is 0. The Balaban J connectivity index is 1.60. The van der Waals surface area contributed by atoms with Gasteiger partial charge in [0.25, 0.3) is 0 Å². The number of likely N-dealkylation sites (N-methyl/N-ethyl adjacent to an activating group) is 1. The number of rotatable bonds is 8. The van der Waals surface area contributed by atoms with Crippen molar-refractivity contribution in [1.82, 2.24) is 15.3 Å². The van der Waals surface area contributed by atoms with Crippen LogP contribution in [-0.4, -0.2) is 22.4 Å². The first-order valence-electron chi connectivity index (χ1n) is 11.5. The zero-order valence-electron chi connectivity index (χ0n) is 19.5. The highest BCUT2D eigenvalue weighted by molar-refractivity contribution is 5.89. The average Bonchev–Trinajstić information content (AvgIpc) is 2.80. The number of nitrogens with zero attached hydrogens (tertiary/aromatic N) is 2. The SMILES string of the molecule is C/C=C(\C)Nc1cc(-c2ccccc2)nc(Nc2ccc(C3(C(=O)NCC)CCC3)cc2)n1. The number of nitrogens with one attached hydrogen (secondary N) is 3. The predicted molar refractivity (Wildman–Crippen MR) is 134 cm³/mol. The van der Waals surface area contributed by atoms with E-state index in [9.17, 15) is 4.79 Å². The maximum atomic E-state index is 12.7. The van der Waals surface area contributed by atoms with Crippen LogP contribution in [0, 0.1) is 0 Å². The molecule has 1 saturated carbocycles. The van der Waals surface area contributed by atoms with E-state index in [1.165, 1.54) is 0 Å². The minimum Gasteiger partial charge on any atom is -0.356 e. The molecule has 0 saturated heterocycles. The van der Waals surface area contributed by atoms with Gasteiger partial charge in [-0.2, -0.15) is 4.98 Å². The van der Waals surface area contributed by atoms with Gasteiger partial charge in [0.2, 0.25) is 11.9 Å². The van der Waals surface area contributed by atoms with Crippen LogP contribution in [0.5, 0.6) is 0 Å². The zero-order chi connectivity index (χ0) is 23.3. The highest BCUT2D eigenvalue weighted by atomic mass is 16.2. The van der Waals surface area contributed by atoms with Gasteiger partial charge in [-0.15, -0.1) is 0 Å². The van der Waals surface area contributed by atoms with Crippen LogP contribution in [0.3, 0.4) is 0 Å². The first-order chi connectivity index (χ1) is 16.0. The van der Waals surface area contributed by atoms with E-state index in [0.717, 1.165) is 53.3 Å². The Hall–Kier alpha value is -3.67. The lowest BCUT2D eigenvalue weighted by Crippen LogP contribution is -2.49. The van der Waals surface area contributed by atoms with Crippen molar-refractivity contribution >= 4 is 23.4 Å². The Kier molecular flexibility index (Phi) is 6.73. The molecule has 2 aromatic carbocycles. The first kappa shape index (κ1) is 22.5. The Labute approximate surface area is 195 Å². The lowest BCUT2D eigenvalue weighted by molar-refractivity contribution is -0.129. The number of anilines is 3. The molecule has 6 nitrogen and oxygen atoms in total. The van der Waals surface area contributed by atoms with Gasteiger partial charge in [0.05, 0.1) is 11.1 Å². The summed E-state index contributed by atoms with van der Waals surface area (Å²) in [6.07, 6.45) is 4.88. The topological polar surface area (TPSA) is 78.9 Å². The molecule has 1 aliphatic rings. The average molecular weight is 442 g/mol. The molecule has 1 aliphatic carbocycles. The fourth-order valence-corrected chi connectivity index (χ4v) is 4.11. The largest absolute Gasteiger partial charge is 0.356 e. The molecule has 1 aromatic heterocycles. The third kappa shape index (κ3) is 4.90. The molecule has 0 radical (unpaired) electrons. The van der Waals surface area contributed by atoms with Crippen molar-refractivity contribution in [2.24, 2.45) is 0 Å². The molecule has 0 bridgehead atoms. The monoisotopic (exact) mass is 441 g/mol. The Morgan fingerprint density at radius 3 is 2.39 bits per heavy atom. The highest BCUT2D eigenvalue weighted by Gasteiger charge is 2.45. The second kappa shape index (κ2) is 9.86. The van der Waals surface area contributed by atoms with Crippen LogP contribution < -0.4 is 16.0 Å². The Morgan fingerprint density at radius 1 is 1.06 bits per heavy atom. The number of amides is 1. The molecular formula is C27H31N5O. The van der Waals surface area contributed by atoms with Crippen molar-refractivity contribution in [2.45, 2.75) is 45.4 Å². The summed E-state index contributed by atoms with van der Waals surface area (Å²) < 4.78 is 0. The van der Waals surface area contributed by atoms with Gasteiger partial charge in [-0.05, 0) is 51.3 Å². The Bertz CT molecular complexity index is 1130. The molecule has 33 heavy (non-hydrogen) atoms. The fourth-order valence-electron chi connectivity index (χ4n) is 4.11. The van der Waals surface area contributed by atoms with Gasteiger partial charge < -0.3 is 16.0 Å². The summed E-state index contributed by atoms with van der Waals surface area (Å²) in [4.78, 5) is 22.1. The van der Waals surface area contributed by atoms with Crippen LogP contribution in [0.4, 0.5) is 17.5 Å². The lowest BCUT2D eigenvalue weighted by Gasteiger charge is -2.40. The van der Waals surface area contributed by atoms with Gasteiger partial charge >= 0.3 is 0 Å². The first-order valence-corrected chi connectivity index (χ1v) is 11.5. The number of hydrogen-bond donors (Lipinski definition) is 3. The maximum absolute atomic E-state index is 12.7. The third-order valence-electron chi connectivity index (χ3n) is 6.23. The Morgan fingerprint density at radius 2 is 1.79 bits per heavy atom. The van der Waals surface area contributed by atoms with Crippen LogP contribution in [0.15, 0.2) is 72.4 Å². The van der Waals surface area contributed by atoms with Crippen molar-refractivity contribution in [1.29, 1.82) is 0 Å². The quantitative estimate of drug-likeness (QED) is 0.413. The fraction of sp³-hybridized carbons (Fsp3) is 0.296. The summed E-state index contributed by atoms with van der Waals surface area (Å²) in [5, 5.41) is 9.66. The number of allylic oxidation sites excluding steroid dienone is 2. The summed E-state index contributed by atoms with van der Waals surface area (Å²) >= 11 is 0. The highest BCUT2D eigenvalue weighted by Crippen LogP contribution is 2.44. The summed E-state index contributed by atoms with van der Waals surface area (Å²) in [6.45, 7) is 6.60. The van der Waals surface area contributed by atoms with E-state index in [4.69, 9.17) is 4.98 Å².